The molecule has 0 rings (SSSR count). The zero-order valence-corrected chi connectivity index (χ0v) is 11.8. The Morgan fingerprint density at radius 1 is 0.786 bits per heavy atom. The maximum absolute atomic E-state index is 8.11. The molecule has 80 valence electrons. The Hall–Kier alpha value is -0.0753. The van der Waals surface area contributed by atoms with Crippen molar-refractivity contribution in [3.63, 3.8) is 0 Å². The van der Waals surface area contributed by atoms with Gasteiger partial charge < -0.3 is 35.6 Å². The Morgan fingerprint density at radius 3 is 0.786 bits per heavy atom. The molecule has 0 aromatic heterocycles. The molecule has 0 aliphatic heterocycles. The summed E-state index contributed by atoms with van der Waals surface area (Å²) in [5, 5.41) is 34.9. The van der Waals surface area contributed by atoms with E-state index in [4.69, 9.17) is 40.5 Å². The van der Waals surface area contributed by atoms with Gasteiger partial charge in [0.2, 0.25) is 0 Å². The maximum Gasteiger partial charge on any atom is 2.00 e. The molecular formula is HKN4O8Pt. The fourth-order valence-corrected chi connectivity index (χ4v) is 0. The zero-order chi connectivity index (χ0) is 10.8. The summed E-state index contributed by atoms with van der Waals surface area (Å²) in [7, 11) is 0. The van der Waals surface area contributed by atoms with Crippen LogP contribution in [0.2, 0.25) is 0 Å². The van der Waals surface area contributed by atoms with Crippen LogP contribution < -0.4 is 51.4 Å². The molecule has 0 aromatic carbocycles. The second-order valence-electron chi connectivity index (χ2n) is 0.305. The van der Waals surface area contributed by atoms with Crippen molar-refractivity contribution in [1.29, 1.82) is 0 Å². The Balaban J connectivity index is -0.0000000145. The quantitative estimate of drug-likeness (QED) is 0.260. The van der Waals surface area contributed by atoms with Crippen LogP contribution in [0.25, 0.3) is 0 Å². The van der Waals surface area contributed by atoms with Crippen molar-refractivity contribution in [2.75, 3.05) is 0 Å². The summed E-state index contributed by atoms with van der Waals surface area (Å²) in [4.78, 5) is 32.1. The van der Waals surface area contributed by atoms with Gasteiger partial charge >= 0.3 is 72.4 Å². The van der Waals surface area contributed by atoms with Crippen molar-refractivity contribution >= 4 is 0 Å². The second kappa shape index (κ2) is 119. The van der Waals surface area contributed by atoms with E-state index in [9.17, 15) is 0 Å². The van der Waals surface area contributed by atoms with Gasteiger partial charge in [0.15, 0.2) is 5.34 Å². The minimum atomic E-state index is 0. The third-order valence-electron chi connectivity index (χ3n) is 0. The second-order valence-corrected chi connectivity index (χ2v) is 0.305. The van der Waals surface area contributed by atoms with Crippen LogP contribution >= 0.6 is 0 Å². The number of nitrogens with zero attached hydrogens (tertiary/aromatic N) is 4. The minimum absolute atomic E-state index is 0. The van der Waals surface area contributed by atoms with E-state index in [1.165, 1.54) is 5.34 Å². The van der Waals surface area contributed by atoms with Crippen molar-refractivity contribution in [3.8, 4) is 0 Å². The molecule has 1 N–H and O–H groups in total. The third kappa shape index (κ3) is 251000. The summed E-state index contributed by atoms with van der Waals surface area (Å²) in [6.45, 7) is 0. The summed E-state index contributed by atoms with van der Waals surface area (Å²) in [6.07, 6.45) is 0. The smallest absolute Gasteiger partial charge is 0.444 e. The molecular weight excluding hydrogens is 418 g/mol. The first kappa shape index (κ1) is 37.0. The molecule has 0 atom stereocenters. The maximum atomic E-state index is 8.11. The molecule has 0 heterocycles. The van der Waals surface area contributed by atoms with Crippen LogP contribution in [0.3, 0.4) is 0 Å². The molecule has 0 fully saturated rings. The van der Waals surface area contributed by atoms with E-state index in [0.717, 1.165) is 16.0 Å². The van der Waals surface area contributed by atoms with E-state index in [2.05, 4.69) is 0 Å². The van der Waals surface area contributed by atoms with E-state index in [0.29, 0.717) is 0 Å². The van der Waals surface area contributed by atoms with Crippen LogP contribution in [0.1, 0.15) is 0 Å². The topological polar surface area (TPSA) is 207 Å². The average Bonchev–Trinajstić information content (AvgIpc) is 1.92. The van der Waals surface area contributed by atoms with Crippen LogP contribution in [-0.2, 0) is 21.1 Å². The molecule has 0 aliphatic rings. The zero-order valence-electron chi connectivity index (χ0n) is 6.41. The molecule has 0 aliphatic carbocycles. The minimum Gasteiger partial charge on any atom is -0.444 e. The average molecular weight is 419 g/mol. The van der Waals surface area contributed by atoms with Crippen LogP contribution in [0.5, 0.6) is 0 Å². The first-order valence-corrected chi connectivity index (χ1v) is 1.48. The molecule has 0 bridgehead atoms. The van der Waals surface area contributed by atoms with Gasteiger partial charge in [-0.25, -0.2) is 0 Å². The Bertz CT molecular complexity index is 75.3. The Kier molecular flexibility index (Phi) is 316. The van der Waals surface area contributed by atoms with E-state index in [1.54, 1.807) is 0 Å². The Labute approximate surface area is 132 Å². The summed E-state index contributed by atoms with van der Waals surface area (Å²) in [6, 6.07) is 0. The molecule has 14 heteroatoms. The van der Waals surface area contributed by atoms with E-state index in [1.807, 2.05) is 0 Å². The van der Waals surface area contributed by atoms with Gasteiger partial charge in [0, 0.05) is 0 Å². The van der Waals surface area contributed by atoms with Gasteiger partial charge in [-0.1, -0.05) is 0 Å². The molecule has 0 aromatic rings. The van der Waals surface area contributed by atoms with Gasteiger partial charge in [0.05, 0.1) is 0 Å². The summed E-state index contributed by atoms with van der Waals surface area (Å²) in [5.74, 6) is 0. The number of hydrogen-bond donors (Lipinski definition) is 1. The fourth-order valence-electron chi connectivity index (χ4n) is 0. The van der Waals surface area contributed by atoms with Crippen molar-refractivity contribution < 1.29 is 77.7 Å². The molecule has 0 spiro atoms. The van der Waals surface area contributed by atoms with Gasteiger partial charge in [-0.15, -0.1) is 20.9 Å². The van der Waals surface area contributed by atoms with Gasteiger partial charge in [0.25, 0.3) is 0 Å². The Morgan fingerprint density at radius 2 is 0.786 bits per heavy atom. The fraction of sp³-hybridized carbons (Fsp3) is 0. The first-order chi connectivity index (χ1) is 5.66. The largest absolute Gasteiger partial charge is 2.00 e. The molecule has 0 saturated carbocycles. The van der Waals surface area contributed by atoms with Gasteiger partial charge in [-0.05, 0) is 0 Å². The molecule has 0 saturated heterocycles. The summed E-state index contributed by atoms with van der Waals surface area (Å²) >= 11 is 0. The standard InChI is InChI=1S/K.4HNO2.Pt/c;4*2-1-3;/h;4*(H,2,3);/q+1;;;;;+2/p-3. The molecule has 0 unspecified atom stereocenters. The third-order valence-corrected chi connectivity index (χ3v) is 0. The monoisotopic (exact) mass is 419 g/mol. The van der Waals surface area contributed by atoms with Crippen LogP contribution in [-0.4, -0.2) is 5.21 Å². The SMILES string of the molecule is O=NO.O=N[O-].O=N[O-].O=N[O-].[K+].[Pt+2]. The van der Waals surface area contributed by atoms with E-state index in [-0.39, 0.29) is 72.4 Å². The predicted octanol–water partition coefficient (Wildman–Crippen LogP) is -2.10. The van der Waals surface area contributed by atoms with Gasteiger partial charge in [-0.2, -0.15) is 0 Å². The van der Waals surface area contributed by atoms with E-state index >= 15 is 0 Å². The predicted molar refractivity (Wildman–Crippen MR) is 35.1 cm³/mol. The summed E-state index contributed by atoms with van der Waals surface area (Å²) < 4.78 is 0. The molecule has 14 heavy (non-hydrogen) atoms. The van der Waals surface area contributed by atoms with Crippen LogP contribution in [0, 0.1) is 35.3 Å². The van der Waals surface area contributed by atoms with E-state index < -0.39 is 0 Å². The molecule has 12 nitrogen and oxygen atoms in total. The van der Waals surface area contributed by atoms with Crippen molar-refractivity contribution in [3.05, 3.63) is 35.3 Å². The van der Waals surface area contributed by atoms with Crippen molar-refractivity contribution in [2.24, 2.45) is 21.4 Å². The number of hydrogen-bond acceptors (Lipinski definition) is 11. The van der Waals surface area contributed by atoms with Crippen molar-refractivity contribution in [2.45, 2.75) is 0 Å². The molecule has 0 radical (unpaired) electrons. The van der Waals surface area contributed by atoms with Gasteiger partial charge in [-0.3, -0.25) is 0 Å². The summed E-state index contributed by atoms with van der Waals surface area (Å²) in [5.41, 5.74) is 0. The van der Waals surface area contributed by atoms with Crippen molar-refractivity contribution in [1.82, 2.24) is 0 Å². The van der Waals surface area contributed by atoms with Crippen LogP contribution in [0.4, 0.5) is 0 Å². The molecule has 0 amide bonds. The van der Waals surface area contributed by atoms with Crippen LogP contribution in [0.15, 0.2) is 21.4 Å². The first-order valence-electron chi connectivity index (χ1n) is 1.48. The normalized spacial score (nSPS) is 3.43. The van der Waals surface area contributed by atoms with Gasteiger partial charge in [0.1, 0.15) is 0 Å². The number of rotatable bonds is 0.